The van der Waals surface area contributed by atoms with Gasteiger partial charge in [0, 0.05) is 22.3 Å². The topological polar surface area (TPSA) is 48.1 Å². The second kappa shape index (κ2) is 5.50. The second-order valence-electron chi connectivity index (χ2n) is 4.13. The number of aryl methyl sites for hydroxylation is 2. The minimum atomic E-state index is 0.419. The Morgan fingerprint density at radius 3 is 2.72 bits per heavy atom. The third-order valence-electron chi connectivity index (χ3n) is 2.65. The molecule has 1 aromatic carbocycles. The third kappa shape index (κ3) is 2.89. The molecule has 0 atom stereocenters. The van der Waals surface area contributed by atoms with Crippen LogP contribution in [0.2, 0.25) is 0 Å². The summed E-state index contributed by atoms with van der Waals surface area (Å²) in [7, 11) is 0. The average molecular weight is 307 g/mol. The van der Waals surface area contributed by atoms with Crippen molar-refractivity contribution >= 4 is 15.9 Å². The van der Waals surface area contributed by atoms with E-state index < -0.39 is 0 Å². The number of aromatic nitrogens is 1. The van der Waals surface area contributed by atoms with Crippen LogP contribution in [0.25, 0.3) is 0 Å². The molecule has 0 unspecified atom stereocenters. The van der Waals surface area contributed by atoms with Crippen molar-refractivity contribution in [3.8, 4) is 11.6 Å². The molecule has 2 rings (SSSR count). The number of nitrogens with two attached hydrogens (primary N) is 1. The Morgan fingerprint density at radius 1 is 1.28 bits per heavy atom. The normalized spacial score (nSPS) is 10.4. The molecule has 1 aromatic heterocycles. The molecule has 2 N–H and O–H groups in total. The van der Waals surface area contributed by atoms with Crippen LogP contribution >= 0.6 is 15.9 Å². The van der Waals surface area contributed by atoms with E-state index in [0.717, 1.165) is 27.0 Å². The summed E-state index contributed by atoms with van der Waals surface area (Å²) in [4.78, 5) is 4.41. The summed E-state index contributed by atoms with van der Waals surface area (Å²) in [5, 5.41) is 0. The van der Waals surface area contributed by atoms with Gasteiger partial charge in [0.15, 0.2) is 0 Å². The summed E-state index contributed by atoms with van der Waals surface area (Å²) in [5.74, 6) is 1.34. The van der Waals surface area contributed by atoms with Crippen molar-refractivity contribution in [3.05, 3.63) is 51.6 Å². The monoisotopic (exact) mass is 306 g/mol. The Morgan fingerprint density at radius 2 is 2.06 bits per heavy atom. The van der Waals surface area contributed by atoms with E-state index in [9.17, 15) is 0 Å². The summed E-state index contributed by atoms with van der Waals surface area (Å²) in [5.41, 5.74) is 8.73. The Hall–Kier alpha value is -1.39. The number of nitrogens with zero attached hydrogens (tertiary/aromatic N) is 1. The molecular weight excluding hydrogens is 292 g/mol. The van der Waals surface area contributed by atoms with E-state index in [0.29, 0.717) is 12.4 Å². The van der Waals surface area contributed by atoms with Crippen LogP contribution in [0.15, 0.2) is 34.8 Å². The zero-order chi connectivity index (χ0) is 13.1. The molecule has 1 heterocycles. The lowest BCUT2D eigenvalue weighted by molar-refractivity contribution is 0.454. The van der Waals surface area contributed by atoms with Gasteiger partial charge in [-0.2, -0.15) is 0 Å². The quantitative estimate of drug-likeness (QED) is 0.940. The molecule has 0 spiro atoms. The van der Waals surface area contributed by atoms with Crippen LogP contribution in [0.5, 0.6) is 11.6 Å². The minimum absolute atomic E-state index is 0.419. The molecule has 0 aliphatic carbocycles. The number of halogens is 1. The first kappa shape index (κ1) is 13.1. The highest BCUT2D eigenvalue weighted by Crippen LogP contribution is 2.27. The number of pyridine rings is 1. The summed E-state index contributed by atoms with van der Waals surface area (Å²) in [6.45, 7) is 4.38. The first-order chi connectivity index (χ1) is 8.60. The highest BCUT2D eigenvalue weighted by molar-refractivity contribution is 9.10. The van der Waals surface area contributed by atoms with Gasteiger partial charge in [-0.1, -0.05) is 22.0 Å². The molecule has 0 bridgehead atoms. The lowest BCUT2D eigenvalue weighted by Crippen LogP contribution is -2.05. The van der Waals surface area contributed by atoms with E-state index >= 15 is 0 Å². The maximum Gasteiger partial charge on any atom is 0.224 e. The van der Waals surface area contributed by atoms with Crippen LogP contribution < -0.4 is 10.5 Å². The fraction of sp³-hybridized carbons (Fsp3) is 0.214. The predicted octanol–water partition coefficient (Wildman–Crippen LogP) is 3.71. The molecule has 0 fully saturated rings. The first-order valence-electron chi connectivity index (χ1n) is 5.70. The van der Waals surface area contributed by atoms with Crippen LogP contribution in [-0.2, 0) is 6.54 Å². The number of benzene rings is 1. The maximum absolute atomic E-state index is 5.82. The van der Waals surface area contributed by atoms with Crippen LogP contribution in [-0.4, -0.2) is 4.98 Å². The first-order valence-corrected chi connectivity index (χ1v) is 6.50. The lowest BCUT2D eigenvalue weighted by Gasteiger charge is -2.12. The zero-order valence-corrected chi connectivity index (χ0v) is 12.0. The number of hydrogen-bond donors (Lipinski definition) is 1. The van der Waals surface area contributed by atoms with Crippen molar-refractivity contribution in [1.29, 1.82) is 0 Å². The van der Waals surface area contributed by atoms with Gasteiger partial charge >= 0.3 is 0 Å². The Kier molecular flexibility index (Phi) is 3.99. The van der Waals surface area contributed by atoms with E-state index in [4.69, 9.17) is 10.5 Å². The molecule has 18 heavy (non-hydrogen) atoms. The van der Waals surface area contributed by atoms with Crippen LogP contribution in [0.3, 0.4) is 0 Å². The minimum Gasteiger partial charge on any atom is -0.439 e. The fourth-order valence-electron chi connectivity index (χ4n) is 1.80. The van der Waals surface area contributed by atoms with Crippen molar-refractivity contribution < 1.29 is 4.74 Å². The Bertz CT molecular complexity index is 570. The Balaban J connectivity index is 2.39. The van der Waals surface area contributed by atoms with Gasteiger partial charge in [0.25, 0.3) is 0 Å². The van der Waals surface area contributed by atoms with Gasteiger partial charge in [-0.3, -0.25) is 0 Å². The predicted molar refractivity (Wildman–Crippen MR) is 75.8 cm³/mol. The standard InChI is InChI=1S/C14H15BrN2O/c1-9-6-10(2)17-14(13(9)8-16)18-12-5-3-4-11(15)7-12/h3-7H,8,16H2,1-2H3. The maximum atomic E-state index is 5.82. The van der Waals surface area contributed by atoms with Gasteiger partial charge in [-0.05, 0) is 43.7 Å². The van der Waals surface area contributed by atoms with Gasteiger partial charge in [0.2, 0.25) is 5.88 Å². The second-order valence-corrected chi connectivity index (χ2v) is 5.04. The van der Waals surface area contributed by atoms with Crippen molar-refractivity contribution in [1.82, 2.24) is 4.98 Å². The van der Waals surface area contributed by atoms with Gasteiger partial charge in [-0.15, -0.1) is 0 Å². The van der Waals surface area contributed by atoms with E-state index in [1.54, 1.807) is 0 Å². The summed E-state index contributed by atoms with van der Waals surface area (Å²) in [6, 6.07) is 9.68. The van der Waals surface area contributed by atoms with Crippen LogP contribution in [0.1, 0.15) is 16.8 Å². The molecule has 94 valence electrons. The van der Waals surface area contributed by atoms with E-state index in [2.05, 4.69) is 20.9 Å². The Labute approximate surface area is 115 Å². The number of hydrogen-bond acceptors (Lipinski definition) is 3. The highest BCUT2D eigenvalue weighted by Gasteiger charge is 2.09. The van der Waals surface area contributed by atoms with Crippen molar-refractivity contribution in [3.63, 3.8) is 0 Å². The highest BCUT2D eigenvalue weighted by atomic mass is 79.9. The smallest absolute Gasteiger partial charge is 0.224 e. The molecule has 0 aliphatic rings. The lowest BCUT2D eigenvalue weighted by atomic mass is 10.1. The van der Waals surface area contributed by atoms with E-state index in [1.807, 2.05) is 44.2 Å². The molecule has 0 radical (unpaired) electrons. The third-order valence-corrected chi connectivity index (χ3v) is 3.15. The van der Waals surface area contributed by atoms with E-state index in [1.165, 1.54) is 0 Å². The van der Waals surface area contributed by atoms with Crippen molar-refractivity contribution in [2.24, 2.45) is 5.73 Å². The SMILES string of the molecule is Cc1cc(C)c(CN)c(Oc2cccc(Br)c2)n1. The van der Waals surface area contributed by atoms with Crippen LogP contribution in [0, 0.1) is 13.8 Å². The average Bonchev–Trinajstić information content (AvgIpc) is 2.28. The molecule has 2 aromatic rings. The van der Waals surface area contributed by atoms with Gasteiger partial charge in [0.05, 0.1) is 0 Å². The fourth-order valence-corrected chi connectivity index (χ4v) is 2.18. The summed E-state index contributed by atoms with van der Waals surface area (Å²) >= 11 is 3.41. The summed E-state index contributed by atoms with van der Waals surface area (Å²) < 4.78 is 6.79. The van der Waals surface area contributed by atoms with Gasteiger partial charge < -0.3 is 10.5 Å². The number of ether oxygens (including phenoxy) is 1. The molecule has 0 amide bonds. The molecule has 0 saturated heterocycles. The molecule has 3 nitrogen and oxygen atoms in total. The van der Waals surface area contributed by atoms with E-state index in [-0.39, 0.29) is 0 Å². The summed E-state index contributed by atoms with van der Waals surface area (Å²) in [6.07, 6.45) is 0. The molecule has 0 saturated carbocycles. The molecule has 4 heteroatoms. The zero-order valence-electron chi connectivity index (χ0n) is 10.4. The van der Waals surface area contributed by atoms with Crippen molar-refractivity contribution in [2.75, 3.05) is 0 Å². The van der Waals surface area contributed by atoms with Crippen LogP contribution in [0.4, 0.5) is 0 Å². The van der Waals surface area contributed by atoms with Gasteiger partial charge in [0.1, 0.15) is 5.75 Å². The molecular formula is C14H15BrN2O. The number of rotatable bonds is 3. The van der Waals surface area contributed by atoms with Crippen molar-refractivity contribution in [2.45, 2.75) is 20.4 Å². The van der Waals surface area contributed by atoms with Gasteiger partial charge in [-0.25, -0.2) is 4.98 Å². The molecule has 0 aliphatic heterocycles. The largest absolute Gasteiger partial charge is 0.439 e.